The van der Waals surface area contributed by atoms with Crippen LogP contribution in [0.3, 0.4) is 0 Å². The van der Waals surface area contributed by atoms with E-state index >= 15 is 0 Å². The van der Waals surface area contributed by atoms with Crippen LogP contribution in [0.5, 0.6) is 0 Å². The molecule has 6 nitrogen and oxygen atoms in total. The molecule has 5 rings (SSSR count). The molecule has 6 heteroatoms. The lowest BCUT2D eigenvalue weighted by molar-refractivity contribution is -0.159. The van der Waals surface area contributed by atoms with Crippen LogP contribution < -0.4 is 0 Å². The Hall–Kier alpha value is -1.46. The van der Waals surface area contributed by atoms with Crippen LogP contribution in [0.4, 0.5) is 0 Å². The van der Waals surface area contributed by atoms with Crippen molar-refractivity contribution in [2.45, 2.75) is 52.6 Å². The van der Waals surface area contributed by atoms with Crippen molar-refractivity contribution in [2.75, 3.05) is 14.2 Å². The zero-order valence-corrected chi connectivity index (χ0v) is 17.0. The molecule has 0 spiro atoms. The van der Waals surface area contributed by atoms with E-state index < -0.39 is 11.1 Å². The van der Waals surface area contributed by atoms with E-state index in [-0.39, 0.29) is 58.3 Å². The molecule has 0 radical (unpaired) electrons. The number of carbonyl (C=O) groups is 2. The molecule has 2 bridgehead atoms. The third-order valence-electron chi connectivity index (χ3n) is 7.48. The number of rotatable bonds is 2. The van der Waals surface area contributed by atoms with Gasteiger partial charge in [-0.05, 0) is 22.7 Å². The van der Waals surface area contributed by atoms with Gasteiger partial charge >= 0.3 is 11.9 Å². The van der Waals surface area contributed by atoms with Crippen molar-refractivity contribution < 1.29 is 19.1 Å². The average Bonchev–Trinajstić information content (AvgIpc) is 3.41. The van der Waals surface area contributed by atoms with Crippen LogP contribution in [0.15, 0.2) is 10.2 Å². The monoisotopic (exact) mass is 362 g/mol. The normalized spacial score (nSPS) is 47.7. The van der Waals surface area contributed by atoms with Crippen molar-refractivity contribution >= 4 is 11.9 Å². The van der Waals surface area contributed by atoms with Crippen LogP contribution in [0, 0.1) is 46.3 Å². The minimum atomic E-state index is -0.935. The number of esters is 2. The van der Waals surface area contributed by atoms with Crippen molar-refractivity contribution in [3.05, 3.63) is 0 Å². The Kier molecular flexibility index (Phi) is 3.23. The van der Waals surface area contributed by atoms with E-state index in [0.717, 1.165) is 0 Å². The summed E-state index contributed by atoms with van der Waals surface area (Å²) in [7, 11) is 2.85. The van der Waals surface area contributed by atoms with E-state index in [1.807, 2.05) is 0 Å². The predicted octanol–water partition coefficient (Wildman–Crippen LogP) is 3.11. The van der Waals surface area contributed by atoms with Gasteiger partial charge in [0.25, 0.3) is 0 Å². The Morgan fingerprint density at radius 1 is 0.692 bits per heavy atom. The first-order valence-electron chi connectivity index (χ1n) is 9.51. The summed E-state index contributed by atoms with van der Waals surface area (Å²) >= 11 is 0. The summed E-state index contributed by atoms with van der Waals surface area (Å²) in [5, 5.41) is 9.13. The fourth-order valence-electron chi connectivity index (χ4n) is 6.80. The number of hydrogen-bond donors (Lipinski definition) is 0. The number of ether oxygens (including phenoxy) is 2. The molecule has 3 aliphatic carbocycles. The van der Waals surface area contributed by atoms with Gasteiger partial charge < -0.3 is 9.47 Å². The van der Waals surface area contributed by atoms with Crippen LogP contribution >= 0.6 is 0 Å². The maximum atomic E-state index is 13.0. The molecular weight excluding hydrogens is 332 g/mol. The first-order chi connectivity index (χ1) is 11.9. The average molecular weight is 362 g/mol. The molecule has 0 aromatic rings. The SMILES string of the molecule is COC(=O)C12N=NC(C(=O)OC)([C@@H]3C(C(C)(C)C)[C@@H]31)[C@H]1C(C(C)(C)C)[C@H]12. The lowest BCUT2D eigenvalue weighted by Crippen LogP contribution is -2.58. The van der Waals surface area contributed by atoms with Gasteiger partial charge in [0.1, 0.15) is 0 Å². The van der Waals surface area contributed by atoms with Crippen molar-refractivity contribution in [1.82, 2.24) is 0 Å². The first-order valence-corrected chi connectivity index (χ1v) is 9.51. The number of carbonyl (C=O) groups excluding carboxylic acids is 2. The highest BCUT2D eigenvalue weighted by Crippen LogP contribution is 2.84. The Labute approximate surface area is 155 Å². The lowest BCUT2D eigenvalue weighted by atomic mass is 9.71. The van der Waals surface area contributed by atoms with Crippen LogP contribution in [0.25, 0.3) is 0 Å². The zero-order chi connectivity index (χ0) is 19.4. The molecule has 2 heterocycles. The minimum absolute atomic E-state index is 0.000139. The second-order valence-electron chi connectivity index (χ2n) is 10.7. The molecule has 0 aromatic carbocycles. The molecule has 3 fully saturated rings. The predicted molar refractivity (Wildman–Crippen MR) is 94.2 cm³/mol. The summed E-state index contributed by atoms with van der Waals surface area (Å²) in [4.78, 5) is 26.0. The van der Waals surface area contributed by atoms with Crippen molar-refractivity contribution in [2.24, 2.45) is 56.6 Å². The highest BCUT2D eigenvalue weighted by molar-refractivity contribution is 5.91. The maximum Gasteiger partial charge on any atom is 0.336 e. The largest absolute Gasteiger partial charge is 0.467 e. The number of methoxy groups -OCH3 is 2. The van der Waals surface area contributed by atoms with E-state index in [9.17, 15) is 9.59 Å². The van der Waals surface area contributed by atoms with Gasteiger partial charge in [-0.1, -0.05) is 41.5 Å². The quantitative estimate of drug-likeness (QED) is 0.707. The molecule has 0 aromatic heterocycles. The van der Waals surface area contributed by atoms with E-state index in [4.69, 9.17) is 9.47 Å². The van der Waals surface area contributed by atoms with Crippen molar-refractivity contribution in [3.8, 4) is 0 Å². The molecule has 4 unspecified atom stereocenters. The van der Waals surface area contributed by atoms with Gasteiger partial charge in [0.2, 0.25) is 0 Å². The first kappa shape index (κ1) is 17.9. The molecule has 3 saturated carbocycles. The van der Waals surface area contributed by atoms with Gasteiger partial charge in [-0.25, -0.2) is 9.59 Å². The van der Waals surface area contributed by atoms with E-state index in [1.54, 1.807) is 0 Å². The molecule has 26 heavy (non-hydrogen) atoms. The molecule has 0 amide bonds. The third-order valence-corrected chi connectivity index (χ3v) is 7.48. The van der Waals surface area contributed by atoms with Gasteiger partial charge in [-0.2, -0.15) is 10.2 Å². The fraction of sp³-hybridized carbons (Fsp3) is 0.900. The highest BCUT2D eigenvalue weighted by atomic mass is 16.5. The summed E-state index contributed by atoms with van der Waals surface area (Å²) in [6, 6.07) is 0. The molecule has 5 aliphatic rings. The van der Waals surface area contributed by atoms with E-state index in [1.165, 1.54) is 14.2 Å². The fourth-order valence-corrected chi connectivity index (χ4v) is 6.80. The number of nitrogens with zero attached hydrogens (tertiary/aromatic N) is 2. The van der Waals surface area contributed by atoms with Gasteiger partial charge in [0.15, 0.2) is 11.1 Å². The Bertz CT molecular complexity index is 634. The Balaban J connectivity index is 1.92. The second-order valence-corrected chi connectivity index (χ2v) is 10.7. The summed E-state index contributed by atoms with van der Waals surface area (Å²) in [5.74, 6) is -0.181. The summed E-state index contributed by atoms with van der Waals surface area (Å²) in [6.07, 6.45) is 0. The third kappa shape index (κ3) is 1.74. The topological polar surface area (TPSA) is 77.3 Å². The van der Waals surface area contributed by atoms with E-state index in [2.05, 4.69) is 51.8 Å². The Morgan fingerprint density at radius 3 is 1.15 bits per heavy atom. The standard InChI is InChI=1S/C20H30N2O4/c1-17(2,3)9-11-12(9)20(16(24)26-8)14-10(18(4,5)6)13(14)19(11,21-22-20)15(23)25-7/h9-14H,1-8H3/t9?,10?,11-,12+,13+,14-,19?,20?. The number of hydrogen-bond acceptors (Lipinski definition) is 6. The molecule has 2 aliphatic heterocycles. The Morgan fingerprint density at radius 2 is 0.962 bits per heavy atom. The van der Waals surface area contributed by atoms with Crippen LogP contribution in [-0.2, 0) is 19.1 Å². The molecular formula is C20H30N2O4. The summed E-state index contributed by atoms with van der Waals surface area (Å²) < 4.78 is 10.5. The number of azo groups is 1. The van der Waals surface area contributed by atoms with Gasteiger partial charge in [-0.15, -0.1) is 0 Å². The lowest BCUT2D eigenvalue weighted by Gasteiger charge is -2.41. The van der Waals surface area contributed by atoms with Crippen LogP contribution in [-0.4, -0.2) is 37.2 Å². The zero-order valence-electron chi connectivity index (χ0n) is 17.0. The van der Waals surface area contributed by atoms with Gasteiger partial charge in [-0.3, -0.25) is 0 Å². The van der Waals surface area contributed by atoms with Crippen molar-refractivity contribution in [1.29, 1.82) is 0 Å². The van der Waals surface area contributed by atoms with Crippen molar-refractivity contribution in [3.63, 3.8) is 0 Å². The van der Waals surface area contributed by atoms with Gasteiger partial charge in [0.05, 0.1) is 14.2 Å². The van der Waals surface area contributed by atoms with Gasteiger partial charge in [0, 0.05) is 23.7 Å². The van der Waals surface area contributed by atoms with E-state index in [0.29, 0.717) is 0 Å². The molecule has 144 valence electrons. The smallest absolute Gasteiger partial charge is 0.336 e. The minimum Gasteiger partial charge on any atom is -0.467 e. The van der Waals surface area contributed by atoms with Crippen LogP contribution in [0.2, 0.25) is 0 Å². The maximum absolute atomic E-state index is 13.0. The molecule has 8 atom stereocenters. The van der Waals surface area contributed by atoms with Crippen LogP contribution in [0.1, 0.15) is 41.5 Å². The molecule has 0 saturated heterocycles. The summed E-state index contributed by atoms with van der Waals surface area (Å²) in [6.45, 7) is 13.0. The summed E-state index contributed by atoms with van der Waals surface area (Å²) in [5.41, 5.74) is -1.96. The second kappa shape index (κ2) is 4.68. The molecule has 0 N–H and O–H groups in total. The highest BCUT2D eigenvalue weighted by Gasteiger charge is 2.93.